The number of hydrogen-bond donors (Lipinski definition) is 1. The van der Waals surface area contributed by atoms with Crippen molar-refractivity contribution in [2.75, 3.05) is 13.7 Å². The largest absolute Gasteiger partial charge is 0.497 e. The van der Waals surface area contributed by atoms with E-state index in [9.17, 15) is 4.79 Å². The lowest BCUT2D eigenvalue weighted by molar-refractivity contribution is 0.0953. The zero-order valence-corrected chi connectivity index (χ0v) is 13.5. The van der Waals surface area contributed by atoms with Crippen LogP contribution >= 0.6 is 0 Å². The number of ether oxygens (including phenoxy) is 1. The number of methoxy groups -OCH3 is 1. The number of nitrogens with one attached hydrogen (secondary N) is 1. The monoisotopic (exact) mass is 291 g/mol. The Kier molecular flexibility index (Phi) is 9.34. The Morgan fingerprint density at radius 1 is 0.952 bits per heavy atom. The Labute approximate surface area is 129 Å². The van der Waals surface area contributed by atoms with Crippen molar-refractivity contribution < 1.29 is 9.53 Å². The molecule has 0 aliphatic heterocycles. The fourth-order valence-corrected chi connectivity index (χ4v) is 2.31. The van der Waals surface area contributed by atoms with Gasteiger partial charge in [0.05, 0.1) is 7.11 Å². The number of carbonyl (C=O) groups excluding carboxylic acids is 1. The molecule has 1 aromatic rings. The summed E-state index contributed by atoms with van der Waals surface area (Å²) >= 11 is 0. The number of hydrogen-bond acceptors (Lipinski definition) is 2. The van der Waals surface area contributed by atoms with Gasteiger partial charge in [-0.05, 0) is 30.7 Å². The summed E-state index contributed by atoms with van der Waals surface area (Å²) in [6.07, 6.45) is 10.3. The molecule has 1 N–H and O–H groups in total. The van der Waals surface area contributed by atoms with E-state index in [1.807, 2.05) is 12.1 Å². The molecule has 0 heterocycles. The fourth-order valence-electron chi connectivity index (χ4n) is 2.31. The van der Waals surface area contributed by atoms with E-state index in [0.717, 1.165) is 18.7 Å². The minimum atomic E-state index is 0.000554. The summed E-state index contributed by atoms with van der Waals surface area (Å²) < 4.78 is 5.08. The molecule has 0 saturated carbocycles. The first-order chi connectivity index (χ1) is 10.3. The van der Waals surface area contributed by atoms with Gasteiger partial charge in [-0.2, -0.15) is 0 Å². The summed E-state index contributed by atoms with van der Waals surface area (Å²) in [4.78, 5) is 11.9. The van der Waals surface area contributed by atoms with E-state index in [4.69, 9.17) is 4.74 Å². The van der Waals surface area contributed by atoms with Crippen LogP contribution in [-0.4, -0.2) is 19.6 Å². The summed E-state index contributed by atoms with van der Waals surface area (Å²) in [5, 5.41) is 2.97. The molecule has 0 aromatic heterocycles. The molecule has 0 spiro atoms. The third-order valence-electron chi connectivity index (χ3n) is 3.67. The van der Waals surface area contributed by atoms with Crippen molar-refractivity contribution in [3.63, 3.8) is 0 Å². The molecule has 3 nitrogen and oxygen atoms in total. The van der Waals surface area contributed by atoms with E-state index in [2.05, 4.69) is 12.2 Å². The number of rotatable bonds is 11. The number of carbonyl (C=O) groups is 1. The summed E-state index contributed by atoms with van der Waals surface area (Å²) in [6.45, 7) is 3.01. The van der Waals surface area contributed by atoms with E-state index in [1.54, 1.807) is 19.2 Å². The highest BCUT2D eigenvalue weighted by molar-refractivity contribution is 5.94. The van der Waals surface area contributed by atoms with Gasteiger partial charge < -0.3 is 10.1 Å². The highest BCUT2D eigenvalue weighted by Gasteiger charge is 2.04. The second kappa shape index (κ2) is 11.2. The van der Waals surface area contributed by atoms with Crippen molar-refractivity contribution in [3.05, 3.63) is 29.8 Å². The van der Waals surface area contributed by atoms with Gasteiger partial charge in [0.1, 0.15) is 5.75 Å². The van der Waals surface area contributed by atoms with E-state index >= 15 is 0 Å². The van der Waals surface area contributed by atoms with Gasteiger partial charge in [0, 0.05) is 12.1 Å². The van der Waals surface area contributed by atoms with Crippen LogP contribution in [-0.2, 0) is 0 Å². The van der Waals surface area contributed by atoms with Crippen LogP contribution in [0.5, 0.6) is 5.75 Å². The molecule has 0 fully saturated rings. The summed E-state index contributed by atoms with van der Waals surface area (Å²) in [5.74, 6) is 0.773. The maximum atomic E-state index is 11.9. The second-order valence-electron chi connectivity index (χ2n) is 5.46. The Morgan fingerprint density at radius 2 is 1.52 bits per heavy atom. The molecule has 0 unspecified atom stereocenters. The van der Waals surface area contributed by atoms with Crippen LogP contribution in [0.25, 0.3) is 0 Å². The van der Waals surface area contributed by atoms with Gasteiger partial charge in [-0.3, -0.25) is 4.79 Å². The highest BCUT2D eigenvalue weighted by atomic mass is 16.5. The van der Waals surface area contributed by atoms with Gasteiger partial charge in [0.2, 0.25) is 0 Å². The Morgan fingerprint density at radius 3 is 2.10 bits per heavy atom. The van der Waals surface area contributed by atoms with E-state index in [-0.39, 0.29) is 5.91 Å². The van der Waals surface area contributed by atoms with Gasteiger partial charge in [-0.25, -0.2) is 0 Å². The van der Waals surface area contributed by atoms with Crippen LogP contribution in [0, 0.1) is 0 Å². The Bertz CT molecular complexity index is 387. The van der Waals surface area contributed by atoms with Crippen molar-refractivity contribution in [2.45, 2.75) is 58.3 Å². The van der Waals surface area contributed by atoms with Gasteiger partial charge in [0.15, 0.2) is 0 Å². The van der Waals surface area contributed by atoms with Crippen molar-refractivity contribution in [2.24, 2.45) is 0 Å². The first-order valence-electron chi connectivity index (χ1n) is 8.20. The minimum absolute atomic E-state index is 0.000554. The molecule has 1 aromatic carbocycles. The summed E-state index contributed by atoms with van der Waals surface area (Å²) in [6, 6.07) is 7.21. The number of amides is 1. The Balaban J connectivity index is 2.05. The highest BCUT2D eigenvalue weighted by Crippen LogP contribution is 2.11. The fraction of sp³-hybridized carbons (Fsp3) is 0.611. The first-order valence-corrected chi connectivity index (χ1v) is 8.20. The third kappa shape index (κ3) is 7.74. The summed E-state index contributed by atoms with van der Waals surface area (Å²) in [5.41, 5.74) is 0.690. The van der Waals surface area contributed by atoms with Crippen molar-refractivity contribution in [1.29, 1.82) is 0 Å². The lowest BCUT2D eigenvalue weighted by Crippen LogP contribution is -2.24. The van der Waals surface area contributed by atoms with Crippen molar-refractivity contribution in [1.82, 2.24) is 5.32 Å². The zero-order valence-electron chi connectivity index (χ0n) is 13.5. The van der Waals surface area contributed by atoms with Gasteiger partial charge >= 0.3 is 0 Å². The topological polar surface area (TPSA) is 38.3 Å². The molecule has 3 heteroatoms. The van der Waals surface area contributed by atoms with Crippen LogP contribution in [0.15, 0.2) is 24.3 Å². The van der Waals surface area contributed by atoms with E-state index in [0.29, 0.717) is 5.56 Å². The maximum absolute atomic E-state index is 11.9. The normalized spacial score (nSPS) is 10.4. The zero-order chi connectivity index (χ0) is 15.3. The second-order valence-corrected chi connectivity index (χ2v) is 5.46. The molecular formula is C18H29NO2. The Hall–Kier alpha value is -1.51. The average molecular weight is 291 g/mol. The average Bonchev–Trinajstić information content (AvgIpc) is 2.53. The van der Waals surface area contributed by atoms with Crippen LogP contribution in [0.3, 0.4) is 0 Å². The smallest absolute Gasteiger partial charge is 0.251 e. The van der Waals surface area contributed by atoms with Crippen LogP contribution in [0.2, 0.25) is 0 Å². The standard InChI is InChI=1S/C18H29NO2/c1-3-4-5-6-7-8-9-10-15-19-18(20)16-11-13-17(21-2)14-12-16/h11-14H,3-10,15H2,1-2H3,(H,19,20). The quantitative estimate of drug-likeness (QED) is 0.607. The predicted octanol–water partition coefficient (Wildman–Crippen LogP) is 4.57. The molecule has 21 heavy (non-hydrogen) atoms. The minimum Gasteiger partial charge on any atom is -0.497 e. The van der Waals surface area contributed by atoms with E-state index in [1.165, 1.54) is 44.9 Å². The van der Waals surface area contributed by atoms with Crippen LogP contribution < -0.4 is 10.1 Å². The van der Waals surface area contributed by atoms with Crippen molar-refractivity contribution in [3.8, 4) is 5.75 Å². The molecule has 0 bridgehead atoms. The van der Waals surface area contributed by atoms with E-state index < -0.39 is 0 Å². The molecule has 1 amide bonds. The molecule has 0 aliphatic carbocycles. The third-order valence-corrected chi connectivity index (χ3v) is 3.67. The molecule has 118 valence electrons. The number of benzene rings is 1. The van der Waals surface area contributed by atoms with Gasteiger partial charge in [-0.15, -0.1) is 0 Å². The predicted molar refractivity (Wildman–Crippen MR) is 87.9 cm³/mol. The van der Waals surface area contributed by atoms with Gasteiger partial charge in [0.25, 0.3) is 5.91 Å². The lowest BCUT2D eigenvalue weighted by Gasteiger charge is -2.06. The molecular weight excluding hydrogens is 262 g/mol. The summed E-state index contributed by atoms with van der Waals surface area (Å²) in [7, 11) is 1.62. The van der Waals surface area contributed by atoms with Crippen LogP contribution in [0.4, 0.5) is 0 Å². The lowest BCUT2D eigenvalue weighted by atomic mass is 10.1. The maximum Gasteiger partial charge on any atom is 0.251 e. The first kappa shape index (κ1) is 17.5. The van der Waals surface area contributed by atoms with Crippen molar-refractivity contribution >= 4 is 5.91 Å². The molecule has 0 aliphatic rings. The SMILES string of the molecule is CCCCCCCCCCNC(=O)c1ccc(OC)cc1. The molecule has 0 saturated heterocycles. The molecule has 0 radical (unpaired) electrons. The number of unbranched alkanes of at least 4 members (excludes halogenated alkanes) is 7. The van der Waals surface area contributed by atoms with Gasteiger partial charge in [-0.1, -0.05) is 51.9 Å². The molecule has 0 atom stereocenters. The molecule has 1 rings (SSSR count). The van der Waals surface area contributed by atoms with Crippen LogP contribution in [0.1, 0.15) is 68.6 Å².